The number of fused-ring (bicyclic) bond motifs is 1. The van der Waals surface area contributed by atoms with E-state index in [-0.39, 0.29) is 5.56 Å². The van der Waals surface area contributed by atoms with Gasteiger partial charge in [0.2, 0.25) is 0 Å². The van der Waals surface area contributed by atoms with E-state index in [1.165, 1.54) is 4.68 Å². The molecule has 0 bridgehead atoms. The fourth-order valence-electron chi connectivity index (χ4n) is 2.87. The number of aromatic nitrogens is 2. The van der Waals surface area contributed by atoms with E-state index in [9.17, 15) is 9.59 Å². The maximum atomic E-state index is 12.7. The van der Waals surface area contributed by atoms with Crippen LogP contribution in [0.15, 0.2) is 87.2 Å². The third-order valence-corrected chi connectivity index (χ3v) is 4.94. The second-order valence-electron chi connectivity index (χ2n) is 6.50. The molecule has 0 saturated heterocycles. The van der Waals surface area contributed by atoms with Crippen LogP contribution in [0.4, 0.5) is 0 Å². The van der Waals surface area contributed by atoms with Gasteiger partial charge in [-0.05, 0) is 73.2 Å². The van der Waals surface area contributed by atoms with Gasteiger partial charge in [0.15, 0.2) is 0 Å². The van der Waals surface area contributed by atoms with Gasteiger partial charge in [-0.3, -0.25) is 4.79 Å². The standard InChI is InChI=1S/C23H16BrN3O3/c1-15-26-21-5-3-2-4-20(21)22(28)27(15)25-14-16-6-12-19(13-7-16)30-23(29)17-8-10-18(24)11-9-17/h2-14H,1H3/b25-14+. The van der Waals surface area contributed by atoms with Gasteiger partial charge in [-0.1, -0.05) is 28.1 Å². The molecule has 148 valence electrons. The number of carbonyl (C=O) groups is 1. The Bertz CT molecular complexity index is 1310. The molecule has 0 aliphatic rings. The molecule has 0 atom stereocenters. The lowest BCUT2D eigenvalue weighted by Crippen LogP contribution is -2.20. The Hall–Kier alpha value is -3.58. The molecule has 0 fully saturated rings. The zero-order chi connectivity index (χ0) is 21.1. The van der Waals surface area contributed by atoms with Gasteiger partial charge in [-0.15, -0.1) is 0 Å². The Kier molecular flexibility index (Phi) is 5.54. The molecule has 0 unspecified atom stereocenters. The normalized spacial score (nSPS) is 11.1. The Balaban J connectivity index is 1.52. The van der Waals surface area contributed by atoms with Gasteiger partial charge >= 0.3 is 5.97 Å². The van der Waals surface area contributed by atoms with Crippen LogP contribution >= 0.6 is 15.9 Å². The smallest absolute Gasteiger partial charge is 0.343 e. The van der Waals surface area contributed by atoms with Gasteiger partial charge in [0, 0.05) is 4.47 Å². The third kappa shape index (κ3) is 4.21. The first-order valence-corrected chi connectivity index (χ1v) is 9.91. The molecular weight excluding hydrogens is 446 g/mol. The zero-order valence-electron chi connectivity index (χ0n) is 15.9. The highest BCUT2D eigenvalue weighted by Gasteiger charge is 2.09. The average molecular weight is 462 g/mol. The minimum atomic E-state index is -0.437. The second-order valence-corrected chi connectivity index (χ2v) is 7.42. The van der Waals surface area contributed by atoms with Crippen LogP contribution in [0, 0.1) is 6.92 Å². The minimum Gasteiger partial charge on any atom is -0.423 e. The Morgan fingerprint density at radius 1 is 1.03 bits per heavy atom. The maximum absolute atomic E-state index is 12.7. The summed E-state index contributed by atoms with van der Waals surface area (Å²) in [5, 5.41) is 4.79. The molecule has 1 aromatic heterocycles. The van der Waals surface area contributed by atoms with Crippen LogP contribution < -0.4 is 10.3 Å². The fraction of sp³-hybridized carbons (Fsp3) is 0.0435. The quantitative estimate of drug-likeness (QED) is 0.253. The van der Waals surface area contributed by atoms with Crippen LogP contribution in [0.2, 0.25) is 0 Å². The summed E-state index contributed by atoms with van der Waals surface area (Å²) in [7, 11) is 0. The van der Waals surface area contributed by atoms with Gasteiger partial charge in [-0.25, -0.2) is 9.78 Å². The number of aryl methyl sites for hydroxylation is 1. The molecular formula is C23H16BrN3O3. The number of halogens is 1. The summed E-state index contributed by atoms with van der Waals surface area (Å²) in [4.78, 5) is 29.3. The van der Waals surface area contributed by atoms with Crippen molar-refractivity contribution in [1.82, 2.24) is 9.66 Å². The highest BCUT2D eigenvalue weighted by molar-refractivity contribution is 9.10. The van der Waals surface area contributed by atoms with Crippen molar-refractivity contribution in [3.05, 3.63) is 105 Å². The molecule has 7 heteroatoms. The van der Waals surface area contributed by atoms with E-state index in [1.54, 1.807) is 79.9 Å². The van der Waals surface area contributed by atoms with Crippen molar-refractivity contribution in [2.45, 2.75) is 6.92 Å². The van der Waals surface area contributed by atoms with E-state index in [0.29, 0.717) is 28.0 Å². The second kappa shape index (κ2) is 8.42. The predicted octanol–water partition coefficient (Wildman–Crippen LogP) is 4.57. The molecule has 0 N–H and O–H groups in total. The number of ether oxygens (including phenoxy) is 1. The number of benzene rings is 3. The molecule has 6 nitrogen and oxygen atoms in total. The molecule has 3 aromatic carbocycles. The number of esters is 1. The molecule has 30 heavy (non-hydrogen) atoms. The van der Waals surface area contributed by atoms with E-state index in [0.717, 1.165) is 10.0 Å². The van der Waals surface area contributed by atoms with Gasteiger partial charge in [0.1, 0.15) is 11.6 Å². The van der Waals surface area contributed by atoms with Crippen molar-refractivity contribution in [3.8, 4) is 5.75 Å². The molecule has 0 saturated carbocycles. The lowest BCUT2D eigenvalue weighted by Gasteiger charge is -2.06. The number of hydrogen-bond donors (Lipinski definition) is 0. The highest BCUT2D eigenvalue weighted by Crippen LogP contribution is 2.16. The van der Waals surface area contributed by atoms with Crippen LogP contribution in [0.5, 0.6) is 5.75 Å². The fourth-order valence-corrected chi connectivity index (χ4v) is 3.13. The average Bonchev–Trinajstić information content (AvgIpc) is 2.75. The number of carbonyl (C=O) groups excluding carboxylic acids is 1. The molecule has 0 spiro atoms. The summed E-state index contributed by atoms with van der Waals surface area (Å²) in [6.07, 6.45) is 1.56. The van der Waals surface area contributed by atoms with Crippen molar-refractivity contribution in [2.24, 2.45) is 5.10 Å². The summed E-state index contributed by atoms with van der Waals surface area (Å²) in [5.41, 5.74) is 1.62. The lowest BCUT2D eigenvalue weighted by molar-refractivity contribution is 0.0734. The van der Waals surface area contributed by atoms with Crippen molar-refractivity contribution in [2.75, 3.05) is 0 Å². The molecule has 4 rings (SSSR count). The summed E-state index contributed by atoms with van der Waals surface area (Å²) < 4.78 is 7.54. The number of hydrogen-bond acceptors (Lipinski definition) is 5. The van der Waals surface area contributed by atoms with Gasteiger partial charge < -0.3 is 4.74 Å². The van der Waals surface area contributed by atoms with Gasteiger partial charge in [0.25, 0.3) is 5.56 Å². The SMILES string of the molecule is Cc1nc2ccccc2c(=O)n1/N=C/c1ccc(OC(=O)c2ccc(Br)cc2)cc1. The lowest BCUT2D eigenvalue weighted by atomic mass is 10.2. The Labute approximate surface area is 180 Å². The van der Waals surface area contributed by atoms with E-state index in [4.69, 9.17) is 4.74 Å². The zero-order valence-corrected chi connectivity index (χ0v) is 17.5. The monoisotopic (exact) mass is 461 g/mol. The summed E-state index contributed by atoms with van der Waals surface area (Å²) in [6.45, 7) is 1.73. The van der Waals surface area contributed by atoms with Crippen molar-refractivity contribution in [3.63, 3.8) is 0 Å². The third-order valence-electron chi connectivity index (χ3n) is 4.41. The van der Waals surface area contributed by atoms with Gasteiger partial charge in [-0.2, -0.15) is 9.78 Å². The van der Waals surface area contributed by atoms with Crippen LogP contribution in [-0.2, 0) is 0 Å². The first-order valence-electron chi connectivity index (χ1n) is 9.12. The number of para-hydroxylation sites is 1. The number of rotatable bonds is 4. The van der Waals surface area contributed by atoms with Crippen LogP contribution in [0.1, 0.15) is 21.7 Å². The summed E-state index contributed by atoms with van der Waals surface area (Å²) in [5.74, 6) is 0.476. The van der Waals surface area contributed by atoms with Crippen LogP contribution in [0.3, 0.4) is 0 Å². The summed E-state index contributed by atoms with van der Waals surface area (Å²) in [6, 6.07) is 20.9. The first-order chi connectivity index (χ1) is 14.5. The summed E-state index contributed by atoms with van der Waals surface area (Å²) >= 11 is 3.33. The molecule has 0 amide bonds. The van der Waals surface area contributed by atoms with Gasteiger partial charge in [0.05, 0.1) is 22.7 Å². The Morgan fingerprint density at radius 3 is 2.47 bits per heavy atom. The topological polar surface area (TPSA) is 73.6 Å². The molecule has 4 aromatic rings. The first kappa shape index (κ1) is 19.7. The van der Waals surface area contributed by atoms with Crippen molar-refractivity contribution < 1.29 is 9.53 Å². The maximum Gasteiger partial charge on any atom is 0.343 e. The Morgan fingerprint density at radius 2 is 1.73 bits per heavy atom. The van der Waals surface area contributed by atoms with Crippen LogP contribution in [0.25, 0.3) is 10.9 Å². The molecule has 0 aliphatic carbocycles. The van der Waals surface area contributed by atoms with E-state index >= 15 is 0 Å². The van der Waals surface area contributed by atoms with Crippen molar-refractivity contribution >= 4 is 39.0 Å². The highest BCUT2D eigenvalue weighted by atomic mass is 79.9. The minimum absolute atomic E-state index is 0.227. The van der Waals surface area contributed by atoms with Crippen LogP contribution in [-0.4, -0.2) is 21.8 Å². The molecule has 0 aliphatic heterocycles. The molecule has 0 radical (unpaired) electrons. The molecule has 1 heterocycles. The predicted molar refractivity (Wildman–Crippen MR) is 119 cm³/mol. The van der Waals surface area contributed by atoms with E-state index in [2.05, 4.69) is 26.0 Å². The van der Waals surface area contributed by atoms with E-state index < -0.39 is 5.97 Å². The van der Waals surface area contributed by atoms with Crippen molar-refractivity contribution in [1.29, 1.82) is 0 Å². The number of nitrogens with zero attached hydrogens (tertiary/aromatic N) is 3. The van der Waals surface area contributed by atoms with E-state index in [1.807, 2.05) is 6.07 Å². The largest absolute Gasteiger partial charge is 0.423 e.